The van der Waals surface area contributed by atoms with Crippen LogP contribution < -0.4 is 15.4 Å². The highest BCUT2D eigenvalue weighted by molar-refractivity contribution is 5.95. The third-order valence-electron chi connectivity index (χ3n) is 4.10. The topological polar surface area (TPSA) is 59.6 Å². The van der Waals surface area contributed by atoms with Crippen LogP contribution in [-0.4, -0.2) is 50.3 Å². The number of benzene rings is 1. The van der Waals surface area contributed by atoms with E-state index >= 15 is 0 Å². The predicted octanol–water partition coefficient (Wildman–Crippen LogP) is 3.01. The number of carbonyl (C=O) groups is 1. The minimum absolute atomic E-state index is 0.111. The van der Waals surface area contributed by atoms with Crippen LogP contribution in [0.25, 0.3) is 0 Å². The van der Waals surface area contributed by atoms with Crippen molar-refractivity contribution < 1.29 is 40.6 Å². The Hall–Kier alpha value is -2.01. The van der Waals surface area contributed by atoms with Gasteiger partial charge in [-0.05, 0) is 31.0 Å². The van der Waals surface area contributed by atoms with Crippen LogP contribution in [0.15, 0.2) is 24.3 Å². The Morgan fingerprint density at radius 1 is 1.22 bits per heavy atom. The molecule has 2 rings (SSSR count). The van der Waals surface area contributed by atoms with Crippen LogP contribution in [0.2, 0.25) is 0 Å². The van der Waals surface area contributed by atoms with Gasteiger partial charge in [0.2, 0.25) is 0 Å². The fourth-order valence-corrected chi connectivity index (χ4v) is 2.63. The molecule has 0 spiro atoms. The van der Waals surface area contributed by atoms with Crippen LogP contribution in [0.4, 0.5) is 26.3 Å². The third-order valence-corrected chi connectivity index (χ3v) is 4.10. The number of ether oxygens (including phenoxy) is 2. The molecular formula is C16H18F6N2O3. The molecule has 1 aliphatic rings. The van der Waals surface area contributed by atoms with Crippen LogP contribution in [0.3, 0.4) is 0 Å². The Balaban J connectivity index is 2.33. The van der Waals surface area contributed by atoms with Crippen LogP contribution in [-0.2, 0) is 4.74 Å². The highest BCUT2D eigenvalue weighted by Gasteiger charge is 2.72. The third kappa shape index (κ3) is 4.64. The molecule has 1 unspecified atom stereocenters. The summed E-state index contributed by atoms with van der Waals surface area (Å²) >= 11 is 0. The largest absolute Gasteiger partial charge is 0.497 e. The lowest BCUT2D eigenvalue weighted by atomic mass is 10.1. The van der Waals surface area contributed by atoms with Crippen molar-refractivity contribution in [3.63, 3.8) is 0 Å². The average molecular weight is 400 g/mol. The highest BCUT2D eigenvalue weighted by atomic mass is 19.4. The minimum Gasteiger partial charge on any atom is -0.497 e. The molecule has 1 aliphatic heterocycles. The molecule has 2 N–H and O–H groups in total. The van der Waals surface area contributed by atoms with E-state index in [0.717, 1.165) is 17.4 Å². The maximum absolute atomic E-state index is 13.5. The monoisotopic (exact) mass is 400 g/mol. The number of amides is 1. The molecule has 0 saturated carbocycles. The second kappa shape index (κ2) is 7.93. The molecule has 1 amide bonds. The van der Waals surface area contributed by atoms with Gasteiger partial charge >= 0.3 is 12.4 Å². The van der Waals surface area contributed by atoms with Crippen molar-refractivity contribution in [3.05, 3.63) is 29.8 Å². The molecule has 0 bridgehead atoms. The zero-order valence-corrected chi connectivity index (χ0v) is 14.2. The van der Waals surface area contributed by atoms with Crippen molar-refractivity contribution in [2.75, 3.05) is 20.3 Å². The quantitative estimate of drug-likeness (QED) is 0.570. The van der Waals surface area contributed by atoms with Gasteiger partial charge in [0.1, 0.15) is 5.75 Å². The van der Waals surface area contributed by atoms with Crippen molar-refractivity contribution >= 4 is 5.91 Å². The molecule has 152 valence electrons. The maximum atomic E-state index is 13.5. The lowest BCUT2D eigenvalue weighted by Gasteiger charge is -2.39. The number of rotatable bonds is 6. The molecule has 1 atom stereocenters. The molecule has 27 heavy (non-hydrogen) atoms. The van der Waals surface area contributed by atoms with E-state index in [1.165, 1.54) is 24.6 Å². The first-order valence-corrected chi connectivity index (χ1v) is 7.97. The number of methoxy groups -OCH3 is 1. The average Bonchev–Trinajstić information content (AvgIpc) is 3.09. The predicted molar refractivity (Wildman–Crippen MR) is 82.3 cm³/mol. The Bertz CT molecular complexity index is 642. The molecule has 0 radical (unpaired) electrons. The second-order valence-corrected chi connectivity index (χ2v) is 5.95. The van der Waals surface area contributed by atoms with Gasteiger partial charge in [0.15, 0.2) is 0 Å². The van der Waals surface area contributed by atoms with E-state index in [1.54, 1.807) is 0 Å². The molecule has 1 heterocycles. The first-order valence-electron chi connectivity index (χ1n) is 7.97. The Morgan fingerprint density at radius 3 is 2.41 bits per heavy atom. The van der Waals surface area contributed by atoms with Gasteiger partial charge in [-0.1, -0.05) is 6.07 Å². The first kappa shape index (κ1) is 21.3. The molecule has 1 aromatic rings. The minimum atomic E-state index is -5.85. The lowest BCUT2D eigenvalue weighted by molar-refractivity contribution is -0.314. The summed E-state index contributed by atoms with van der Waals surface area (Å²) < 4.78 is 90.9. The van der Waals surface area contributed by atoms with Gasteiger partial charge in [-0.3, -0.25) is 10.1 Å². The van der Waals surface area contributed by atoms with Crippen LogP contribution in [0, 0.1) is 0 Å². The van der Waals surface area contributed by atoms with Crippen molar-refractivity contribution in [1.82, 2.24) is 10.6 Å². The first-order chi connectivity index (χ1) is 12.5. The number of hydrogen-bond donors (Lipinski definition) is 2. The summed E-state index contributed by atoms with van der Waals surface area (Å²) in [7, 11) is 1.25. The molecule has 0 aliphatic carbocycles. The van der Waals surface area contributed by atoms with Gasteiger partial charge in [0.05, 0.1) is 13.2 Å². The van der Waals surface area contributed by atoms with Crippen LogP contribution >= 0.6 is 0 Å². The summed E-state index contributed by atoms with van der Waals surface area (Å²) in [5.41, 5.74) is -5.03. The fourth-order valence-electron chi connectivity index (χ4n) is 2.63. The lowest BCUT2D eigenvalue weighted by Crippen LogP contribution is -2.76. The van der Waals surface area contributed by atoms with Crippen molar-refractivity contribution in [1.29, 1.82) is 0 Å². The van der Waals surface area contributed by atoms with E-state index in [2.05, 4.69) is 0 Å². The summed E-state index contributed by atoms with van der Waals surface area (Å²) in [6.07, 6.45) is -11.6. The second-order valence-electron chi connectivity index (χ2n) is 5.95. The van der Waals surface area contributed by atoms with Crippen LogP contribution in [0.5, 0.6) is 5.75 Å². The summed E-state index contributed by atoms with van der Waals surface area (Å²) in [6.45, 7) is -0.467. The van der Waals surface area contributed by atoms with Crippen LogP contribution in [0.1, 0.15) is 23.2 Å². The van der Waals surface area contributed by atoms with E-state index in [-0.39, 0.29) is 12.4 Å². The standard InChI is InChI=1S/C16H18F6N2O3/c1-26-11-5-2-4-10(8-11)13(25)24-14(15(17,18)19,16(20,21)22)23-9-12-6-3-7-27-12/h2,4-5,8,12,23H,3,6-7,9H2,1H3,(H,24,25). The molecular weight excluding hydrogens is 382 g/mol. The van der Waals surface area contributed by atoms with Crippen molar-refractivity contribution in [3.8, 4) is 5.75 Å². The van der Waals surface area contributed by atoms with Crippen molar-refractivity contribution in [2.45, 2.75) is 37.0 Å². The molecule has 11 heteroatoms. The SMILES string of the molecule is COc1cccc(C(=O)NC(NCC2CCCO2)(C(F)(F)F)C(F)(F)F)c1. The molecule has 1 fully saturated rings. The molecule has 0 aromatic heterocycles. The van der Waals surface area contributed by atoms with Gasteiger partial charge in [-0.2, -0.15) is 26.3 Å². The Labute approximate surface area is 151 Å². The van der Waals surface area contributed by atoms with E-state index < -0.39 is 42.1 Å². The maximum Gasteiger partial charge on any atom is 0.434 e. The fraction of sp³-hybridized carbons (Fsp3) is 0.562. The summed E-state index contributed by atoms with van der Waals surface area (Å²) in [5, 5.41) is 2.54. The number of halogens is 6. The number of hydrogen-bond acceptors (Lipinski definition) is 4. The van der Waals surface area contributed by atoms with Gasteiger partial charge in [0, 0.05) is 18.7 Å². The molecule has 1 aromatic carbocycles. The van der Waals surface area contributed by atoms with Gasteiger partial charge in [-0.25, -0.2) is 0 Å². The molecule has 5 nitrogen and oxygen atoms in total. The van der Waals surface area contributed by atoms with Gasteiger partial charge in [-0.15, -0.1) is 0 Å². The number of carbonyl (C=O) groups excluding carboxylic acids is 1. The van der Waals surface area contributed by atoms with Crippen molar-refractivity contribution in [2.24, 2.45) is 0 Å². The summed E-state index contributed by atoms with van der Waals surface area (Å²) in [4.78, 5) is 12.2. The summed E-state index contributed by atoms with van der Waals surface area (Å²) in [6, 6.07) is 4.78. The summed E-state index contributed by atoms with van der Waals surface area (Å²) in [5.74, 6) is -1.44. The van der Waals surface area contributed by atoms with Gasteiger partial charge in [0.25, 0.3) is 11.6 Å². The van der Waals surface area contributed by atoms with Gasteiger partial charge < -0.3 is 14.8 Å². The zero-order chi connectivity index (χ0) is 20.3. The number of alkyl halides is 6. The highest BCUT2D eigenvalue weighted by Crippen LogP contribution is 2.41. The normalized spacial score (nSPS) is 18.4. The smallest absolute Gasteiger partial charge is 0.434 e. The molecule has 1 saturated heterocycles. The Morgan fingerprint density at radius 2 is 1.89 bits per heavy atom. The van der Waals surface area contributed by atoms with E-state index in [4.69, 9.17) is 9.47 Å². The number of nitrogens with one attached hydrogen (secondary N) is 2. The Kier molecular flexibility index (Phi) is 6.25. The van der Waals surface area contributed by atoms with E-state index in [0.29, 0.717) is 12.8 Å². The van der Waals surface area contributed by atoms with E-state index in [1.807, 2.05) is 0 Å². The van der Waals surface area contributed by atoms with E-state index in [9.17, 15) is 31.1 Å². The zero-order valence-electron chi connectivity index (χ0n) is 14.2.